The maximum absolute atomic E-state index is 6.55. The number of hydrogen-bond acceptors (Lipinski definition) is 2. The molecule has 0 radical (unpaired) electrons. The van der Waals surface area contributed by atoms with Gasteiger partial charge in [0.1, 0.15) is 5.75 Å². The summed E-state index contributed by atoms with van der Waals surface area (Å²) in [4.78, 5) is 0. The molecule has 2 N–H and O–H groups in total. The van der Waals surface area contributed by atoms with Crippen LogP contribution < -0.4 is 10.5 Å². The fourth-order valence-corrected chi connectivity index (χ4v) is 3.38. The second-order valence-electron chi connectivity index (χ2n) is 6.97. The van der Waals surface area contributed by atoms with Crippen molar-refractivity contribution < 1.29 is 4.74 Å². The molecule has 1 saturated carbocycles. The highest BCUT2D eigenvalue weighted by Gasteiger charge is 2.43. The molecule has 0 bridgehead atoms. The minimum absolute atomic E-state index is 0.215. The molecule has 1 aliphatic carbocycles. The topological polar surface area (TPSA) is 35.2 Å². The van der Waals surface area contributed by atoms with Crippen molar-refractivity contribution in [2.45, 2.75) is 70.8 Å². The molecule has 1 aliphatic rings. The minimum atomic E-state index is 0.215. The third-order valence-electron chi connectivity index (χ3n) is 4.88. The molecule has 1 aromatic carbocycles. The van der Waals surface area contributed by atoms with Crippen molar-refractivity contribution in [3.8, 4) is 5.75 Å². The molecule has 118 valence electrons. The highest BCUT2D eigenvalue weighted by atomic mass is 16.5. The Labute approximate surface area is 130 Å². The first-order valence-electron chi connectivity index (χ1n) is 8.57. The van der Waals surface area contributed by atoms with Gasteiger partial charge in [0.2, 0.25) is 0 Å². The van der Waals surface area contributed by atoms with Gasteiger partial charge in [-0.25, -0.2) is 0 Å². The van der Waals surface area contributed by atoms with Crippen LogP contribution in [-0.4, -0.2) is 12.6 Å². The fourth-order valence-electron chi connectivity index (χ4n) is 3.38. The summed E-state index contributed by atoms with van der Waals surface area (Å²) in [5.74, 6) is 1.65. The van der Waals surface area contributed by atoms with Gasteiger partial charge in [-0.2, -0.15) is 0 Å². The molecule has 0 heterocycles. The van der Waals surface area contributed by atoms with Gasteiger partial charge in [0.15, 0.2) is 0 Å². The molecular formula is C19H31NO. The van der Waals surface area contributed by atoms with Crippen LogP contribution in [0, 0.1) is 5.92 Å². The first kappa shape index (κ1) is 16.4. The van der Waals surface area contributed by atoms with Crippen LogP contribution in [0.2, 0.25) is 0 Å². The van der Waals surface area contributed by atoms with Crippen LogP contribution in [0.5, 0.6) is 5.75 Å². The van der Waals surface area contributed by atoms with Gasteiger partial charge in [0, 0.05) is 11.5 Å². The monoisotopic (exact) mass is 289 g/mol. The molecular weight excluding hydrogens is 258 g/mol. The molecule has 2 rings (SSSR count). The molecule has 2 heteroatoms. The Morgan fingerprint density at radius 3 is 2.33 bits per heavy atom. The Bertz CT molecular complexity index is 420. The molecule has 1 atom stereocenters. The Morgan fingerprint density at radius 2 is 1.86 bits per heavy atom. The van der Waals surface area contributed by atoms with E-state index in [1.807, 2.05) is 0 Å². The lowest BCUT2D eigenvalue weighted by Crippen LogP contribution is -2.50. The van der Waals surface area contributed by atoms with Crippen LogP contribution >= 0.6 is 0 Å². The molecule has 1 aromatic rings. The molecule has 0 saturated heterocycles. The van der Waals surface area contributed by atoms with E-state index in [9.17, 15) is 0 Å². The van der Waals surface area contributed by atoms with Gasteiger partial charge in [0.25, 0.3) is 0 Å². The standard InChI is InChI=1S/C19H31NO/c1-4-5-13-21-17-9-7-16(8-10-17)19(11-6-12-19)18(20)14-15(2)3/h7-10,15,18H,4-6,11-14,20H2,1-3H3. The van der Waals surface area contributed by atoms with Gasteiger partial charge in [-0.1, -0.05) is 45.7 Å². The lowest BCUT2D eigenvalue weighted by molar-refractivity contribution is 0.178. The van der Waals surface area contributed by atoms with E-state index in [4.69, 9.17) is 10.5 Å². The van der Waals surface area contributed by atoms with Gasteiger partial charge in [0.05, 0.1) is 6.61 Å². The number of benzene rings is 1. The summed E-state index contributed by atoms with van der Waals surface area (Å²) < 4.78 is 5.76. The maximum Gasteiger partial charge on any atom is 0.119 e. The van der Waals surface area contributed by atoms with E-state index in [1.165, 1.54) is 31.2 Å². The normalized spacial score (nSPS) is 18.3. The molecule has 1 fully saturated rings. The smallest absolute Gasteiger partial charge is 0.119 e. The highest BCUT2D eigenvalue weighted by Crippen LogP contribution is 2.47. The van der Waals surface area contributed by atoms with Gasteiger partial charge < -0.3 is 10.5 Å². The average molecular weight is 289 g/mol. The SMILES string of the molecule is CCCCOc1ccc(C2(C(N)CC(C)C)CCC2)cc1. The quantitative estimate of drug-likeness (QED) is 0.706. The zero-order valence-electron chi connectivity index (χ0n) is 13.9. The Morgan fingerprint density at radius 1 is 1.19 bits per heavy atom. The number of hydrogen-bond donors (Lipinski definition) is 1. The molecule has 0 aliphatic heterocycles. The largest absolute Gasteiger partial charge is 0.494 e. The van der Waals surface area contributed by atoms with Crippen LogP contribution in [0.25, 0.3) is 0 Å². The number of unbranched alkanes of at least 4 members (excludes halogenated alkanes) is 1. The van der Waals surface area contributed by atoms with Crippen molar-refractivity contribution >= 4 is 0 Å². The Hall–Kier alpha value is -1.02. The minimum Gasteiger partial charge on any atom is -0.494 e. The zero-order valence-corrected chi connectivity index (χ0v) is 13.9. The lowest BCUT2D eigenvalue weighted by atomic mass is 9.59. The summed E-state index contributed by atoms with van der Waals surface area (Å²) in [6, 6.07) is 8.99. The van der Waals surface area contributed by atoms with Crippen molar-refractivity contribution in [3.05, 3.63) is 29.8 Å². The van der Waals surface area contributed by atoms with Crippen LogP contribution in [0.15, 0.2) is 24.3 Å². The van der Waals surface area contributed by atoms with Crippen molar-refractivity contribution in [2.75, 3.05) is 6.61 Å². The number of rotatable bonds is 8. The molecule has 1 unspecified atom stereocenters. The van der Waals surface area contributed by atoms with E-state index in [2.05, 4.69) is 45.0 Å². The van der Waals surface area contributed by atoms with E-state index < -0.39 is 0 Å². The lowest BCUT2D eigenvalue weighted by Gasteiger charge is -2.47. The summed E-state index contributed by atoms with van der Waals surface area (Å²) in [6.07, 6.45) is 7.17. The second-order valence-corrected chi connectivity index (χ2v) is 6.97. The van der Waals surface area contributed by atoms with E-state index in [0.717, 1.165) is 25.2 Å². The molecule has 0 spiro atoms. The van der Waals surface area contributed by atoms with E-state index in [-0.39, 0.29) is 11.5 Å². The first-order chi connectivity index (χ1) is 10.1. The molecule has 2 nitrogen and oxygen atoms in total. The third kappa shape index (κ3) is 3.79. The highest BCUT2D eigenvalue weighted by molar-refractivity contribution is 5.35. The predicted molar refractivity (Wildman–Crippen MR) is 89.8 cm³/mol. The van der Waals surface area contributed by atoms with Crippen LogP contribution in [0.1, 0.15) is 64.9 Å². The Kier molecular flexibility index (Phi) is 5.69. The van der Waals surface area contributed by atoms with Crippen LogP contribution in [-0.2, 0) is 5.41 Å². The molecule has 0 amide bonds. The number of ether oxygens (including phenoxy) is 1. The van der Waals surface area contributed by atoms with Gasteiger partial charge >= 0.3 is 0 Å². The summed E-state index contributed by atoms with van der Waals surface area (Å²) in [5, 5.41) is 0. The molecule has 21 heavy (non-hydrogen) atoms. The van der Waals surface area contributed by atoms with E-state index in [1.54, 1.807) is 0 Å². The fraction of sp³-hybridized carbons (Fsp3) is 0.684. The van der Waals surface area contributed by atoms with Crippen molar-refractivity contribution in [1.29, 1.82) is 0 Å². The van der Waals surface area contributed by atoms with Crippen LogP contribution in [0.3, 0.4) is 0 Å². The Balaban J connectivity index is 2.05. The second kappa shape index (κ2) is 7.31. The number of nitrogens with two attached hydrogens (primary N) is 1. The van der Waals surface area contributed by atoms with Crippen molar-refractivity contribution in [3.63, 3.8) is 0 Å². The van der Waals surface area contributed by atoms with Gasteiger partial charge in [-0.15, -0.1) is 0 Å². The summed E-state index contributed by atoms with van der Waals surface area (Å²) in [6.45, 7) is 7.52. The summed E-state index contributed by atoms with van der Waals surface area (Å²) in [7, 11) is 0. The van der Waals surface area contributed by atoms with E-state index in [0.29, 0.717) is 5.92 Å². The first-order valence-corrected chi connectivity index (χ1v) is 8.57. The van der Waals surface area contributed by atoms with Gasteiger partial charge in [-0.05, 0) is 49.3 Å². The van der Waals surface area contributed by atoms with Gasteiger partial charge in [-0.3, -0.25) is 0 Å². The predicted octanol–water partition coefficient (Wildman–Crippen LogP) is 4.66. The van der Waals surface area contributed by atoms with Crippen molar-refractivity contribution in [2.24, 2.45) is 11.7 Å². The maximum atomic E-state index is 6.55. The summed E-state index contributed by atoms with van der Waals surface area (Å²) >= 11 is 0. The van der Waals surface area contributed by atoms with Crippen LogP contribution in [0.4, 0.5) is 0 Å². The average Bonchev–Trinajstić information content (AvgIpc) is 2.38. The summed E-state index contributed by atoms with van der Waals surface area (Å²) in [5.41, 5.74) is 8.17. The third-order valence-corrected chi connectivity index (χ3v) is 4.88. The van der Waals surface area contributed by atoms with Crippen molar-refractivity contribution in [1.82, 2.24) is 0 Å². The van der Waals surface area contributed by atoms with E-state index >= 15 is 0 Å². The molecule has 0 aromatic heterocycles. The zero-order chi connectivity index (χ0) is 15.3.